The van der Waals surface area contributed by atoms with Gasteiger partial charge in [-0.15, -0.1) is 0 Å². The zero-order valence-electron chi connectivity index (χ0n) is 11.3. The third kappa shape index (κ3) is 3.27. The molecular weight excluding hydrogens is 246 g/mol. The quantitative estimate of drug-likeness (QED) is 0.853. The fourth-order valence-corrected chi connectivity index (χ4v) is 2.61. The number of methoxy groups -OCH3 is 1. The van der Waals surface area contributed by atoms with Crippen LogP contribution in [-0.2, 0) is 4.74 Å². The lowest BCUT2D eigenvalue weighted by atomic mass is 10.1. The molecular formula is C13H21N3O3. The molecule has 3 unspecified atom stereocenters. The van der Waals surface area contributed by atoms with E-state index in [1.165, 1.54) is 7.11 Å². The number of likely N-dealkylation sites (tertiary alicyclic amines) is 1. The van der Waals surface area contributed by atoms with Crippen molar-refractivity contribution < 1.29 is 13.9 Å². The van der Waals surface area contributed by atoms with E-state index in [1.54, 1.807) is 6.26 Å². The summed E-state index contributed by atoms with van der Waals surface area (Å²) in [4.78, 5) is 13.5. The smallest absolute Gasteiger partial charge is 0.407 e. The Bertz CT molecular complexity index is 405. The molecule has 0 aromatic carbocycles. The summed E-state index contributed by atoms with van der Waals surface area (Å²) in [6.45, 7) is 3.60. The number of amides is 1. The first kappa shape index (κ1) is 13.9. The molecule has 6 heteroatoms. The van der Waals surface area contributed by atoms with Gasteiger partial charge in [0, 0.05) is 25.2 Å². The largest absolute Gasteiger partial charge is 0.468 e. The maximum absolute atomic E-state index is 11.2. The third-order valence-corrected chi connectivity index (χ3v) is 3.45. The predicted molar refractivity (Wildman–Crippen MR) is 70.6 cm³/mol. The van der Waals surface area contributed by atoms with E-state index in [9.17, 15) is 4.79 Å². The average Bonchev–Trinajstić information content (AvgIpc) is 3.01. The highest BCUT2D eigenvalue weighted by Crippen LogP contribution is 2.27. The number of nitrogens with one attached hydrogen (secondary N) is 1. The molecule has 2 rings (SSSR count). The summed E-state index contributed by atoms with van der Waals surface area (Å²) >= 11 is 0. The topological polar surface area (TPSA) is 80.7 Å². The summed E-state index contributed by atoms with van der Waals surface area (Å²) in [7, 11) is 1.37. The van der Waals surface area contributed by atoms with Crippen molar-refractivity contribution in [3.63, 3.8) is 0 Å². The highest BCUT2D eigenvalue weighted by atomic mass is 16.5. The molecule has 3 N–H and O–H groups in total. The summed E-state index contributed by atoms with van der Waals surface area (Å²) in [6.07, 6.45) is 2.16. The van der Waals surface area contributed by atoms with Gasteiger partial charge in [0.05, 0.1) is 19.4 Å². The summed E-state index contributed by atoms with van der Waals surface area (Å²) < 4.78 is 10.1. The number of nitrogens with zero attached hydrogens (tertiary/aromatic N) is 1. The van der Waals surface area contributed by atoms with Crippen LogP contribution in [-0.4, -0.2) is 43.3 Å². The molecule has 3 atom stereocenters. The second-order valence-electron chi connectivity index (χ2n) is 4.94. The first-order valence-electron chi connectivity index (χ1n) is 6.49. The number of carbonyl (C=O) groups is 1. The van der Waals surface area contributed by atoms with Gasteiger partial charge in [0.1, 0.15) is 5.76 Å². The number of carbonyl (C=O) groups excluding carboxylic acids is 1. The number of rotatable bonds is 4. The lowest BCUT2D eigenvalue weighted by Crippen LogP contribution is -2.41. The molecule has 19 heavy (non-hydrogen) atoms. The number of hydrogen-bond acceptors (Lipinski definition) is 5. The standard InChI is InChI=1S/C13H21N3O3/c1-9(14)12(11-4-3-7-19-11)16-6-5-10(8-16)15-13(17)18-2/h3-4,7,9-10,12H,5-6,8,14H2,1-2H3,(H,15,17). The van der Waals surface area contributed by atoms with E-state index in [2.05, 4.69) is 15.0 Å². The van der Waals surface area contributed by atoms with Crippen molar-refractivity contribution in [2.75, 3.05) is 20.2 Å². The van der Waals surface area contributed by atoms with Gasteiger partial charge in [-0.2, -0.15) is 0 Å². The molecule has 0 aliphatic carbocycles. The van der Waals surface area contributed by atoms with Crippen molar-refractivity contribution in [3.05, 3.63) is 24.2 Å². The molecule has 1 amide bonds. The van der Waals surface area contributed by atoms with Crippen molar-refractivity contribution in [3.8, 4) is 0 Å². The Morgan fingerprint density at radius 3 is 3.05 bits per heavy atom. The van der Waals surface area contributed by atoms with Gasteiger partial charge in [0.2, 0.25) is 0 Å². The molecule has 0 spiro atoms. The van der Waals surface area contributed by atoms with Crippen molar-refractivity contribution in [2.45, 2.75) is 31.5 Å². The van der Waals surface area contributed by atoms with Crippen molar-refractivity contribution in [2.24, 2.45) is 5.73 Å². The number of alkyl carbamates (subject to hydrolysis) is 1. The fraction of sp³-hybridized carbons (Fsp3) is 0.615. The van der Waals surface area contributed by atoms with Crippen LogP contribution in [0.1, 0.15) is 25.1 Å². The van der Waals surface area contributed by atoms with E-state index in [4.69, 9.17) is 10.2 Å². The van der Waals surface area contributed by atoms with Crippen LogP contribution in [0, 0.1) is 0 Å². The Labute approximate surface area is 112 Å². The normalized spacial score (nSPS) is 23.0. The summed E-state index contributed by atoms with van der Waals surface area (Å²) in [5, 5.41) is 2.82. The second-order valence-corrected chi connectivity index (χ2v) is 4.94. The van der Waals surface area contributed by atoms with E-state index in [0.717, 1.165) is 25.3 Å². The van der Waals surface area contributed by atoms with Crippen molar-refractivity contribution in [1.82, 2.24) is 10.2 Å². The average molecular weight is 267 g/mol. The lowest BCUT2D eigenvalue weighted by molar-refractivity contribution is 0.162. The Kier molecular flexibility index (Phi) is 4.44. The van der Waals surface area contributed by atoms with Gasteiger partial charge in [0.15, 0.2) is 0 Å². The Morgan fingerprint density at radius 1 is 1.68 bits per heavy atom. The Morgan fingerprint density at radius 2 is 2.47 bits per heavy atom. The molecule has 0 radical (unpaired) electrons. The van der Waals surface area contributed by atoms with Gasteiger partial charge in [-0.25, -0.2) is 4.79 Å². The first-order valence-corrected chi connectivity index (χ1v) is 6.49. The minimum atomic E-state index is -0.387. The third-order valence-electron chi connectivity index (χ3n) is 3.45. The minimum absolute atomic E-state index is 0.0389. The van der Waals surface area contributed by atoms with Crippen LogP contribution < -0.4 is 11.1 Å². The van der Waals surface area contributed by atoms with Gasteiger partial charge in [-0.1, -0.05) is 0 Å². The monoisotopic (exact) mass is 267 g/mol. The molecule has 1 aromatic heterocycles. The Balaban J connectivity index is 1.99. The van der Waals surface area contributed by atoms with Crippen molar-refractivity contribution in [1.29, 1.82) is 0 Å². The van der Waals surface area contributed by atoms with Crippen LogP contribution in [0.2, 0.25) is 0 Å². The molecule has 1 fully saturated rings. The van der Waals surface area contributed by atoms with Gasteiger partial charge in [0.25, 0.3) is 0 Å². The van der Waals surface area contributed by atoms with Gasteiger partial charge in [-0.05, 0) is 25.5 Å². The van der Waals surface area contributed by atoms with E-state index >= 15 is 0 Å². The van der Waals surface area contributed by atoms with Crippen LogP contribution in [0.5, 0.6) is 0 Å². The first-order chi connectivity index (χ1) is 9.11. The van der Waals surface area contributed by atoms with E-state index in [0.29, 0.717) is 0 Å². The van der Waals surface area contributed by atoms with E-state index in [1.807, 2.05) is 19.1 Å². The van der Waals surface area contributed by atoms with E-state index < -0.39 is 0 Å². The molecule has 0 saturated carbocycles. The number of ether oxygens (including phenoxy) is 1. The molecule has 1 aliphatic rings. The van der Waals surface area contributed by atoms with E-state index in [-0.39, 0.29) is 24.2 Å². The van der Waals surface area contributed by atoms with Crippen LogP contribution >= 0.6 is 0 Å². The highest BCUT2D eigenvalue weighted by Gasteiger charge is 2.33. The van der Waals surface area contributed by atoms with Gasteiger partial charge in [-0.3, -0.25) is 4.90 Å². The molecule has 106 valence electrons. The summed E-state index contributed by atoms with van der Waals surface area (Å²) in [5.74, 6) is 0.869. The van der Waals surface area contributed by atoms with Crippen LogP contribution in [0.25, 0.3) is 0 Å². The molecule has 1 saturated heterocycles. The summed E-state index contributed by atoms with van der Waals surface area (Å²) in [5.41, 5.74) is 6.07. The molecule has 0 bridgehead atoms. The second kappa shape index (κ2) is 6.08. The molecule has 1 aliphatic heterocycles. The molecule has 6 nitrogen and oxygen atoms in total. The fourth-order valence-electron chi connectivity index (χ4n) is 2.61. The maximum Gasteiger partial charge on any atom is 0.407 e. The minimum Gasteiger partial charge on any atom is -0.468 e. The Hall–Kier alpha value is -1.53. The number of hydrogen-bond donors (Lipinski definition) is 2. The number of nitrogens with two attached hydrogens (primary N) is 1. The predicted octanol–water partition coefficient (Wildman–Crippen LogP) is 1.10. The highest BCUT2D eigenvalue weighted by molar-refractivity contribution is 5.67. The SMILES string of the molecule is COC(=O)NC1CCN(C(c2ccco2)C(C)N)C1. The van der Waals surface area contributed by atoms with Gasteiger partial charge >= 0.3 is 6.09 Å². The molecule has 1 aromatic rings. The number of furan rings is 1. The summed E-state index contributed by atoms with van der Waals surface area (Å²) in [6, 6.07) is 3.91. The van der Waals surface area contributed by atoms with Crippen LogP contribution in [0.3, 0.4) is 0 Å². The lowest BCUT2D eigenvalue weighted by Gasteiger charge is -2.29. The van der Waals surface area contributed by atoms with Crippen LogP contribution in [0.4, 0.5) is 4.79 Å². The maximum atomic E-state index is 11.2. The van der Waals surface area contributed by atoms with Crippen molar-refractivity contribution >= 4 is 6.09 Å². The zero-order valence-corrected chi connectivity index (χ0v) is 11.3. The zero-order chi connectivity index (χ0) is 13.8. The molecule has 2 heterocycles. The van der Waals surface area contributed by atoms with Crippen LogP contribution in [0.15, 0.2) is 22.8 Å². The van der Waals surface area contributed by atoms with Gasteiger partial charge < -0.3 is 20.2 Å².